The van der Waals surface area contributed by atoms with Crippen LogP contribution in [0.3, 0.4) is 0 Å². The van der Waals surface area contributed by atoms with Crippen molar-refractivity contribution in [1.29, 1.82) is 0 Å². The molecule has 6 rings (SSSR count). The smallest absolute Gasteiger partial charge is 1.00 e. The minimum Gasteiger partial charge on any atom is -1.00 e. The molecule has 0 aromatic heterocycles. The molecule has 2 aromatic rings. The maximum Gasteiger partial charge on any atom is -1.00 e. The molecule has 2 saturated carbocycles. The van der Waals surface area contributed by atoms with Crippen LogP contribution >= 0.6 is 0 Å². The van der Waals surface area contributed by atoms with E-state index < -0.39 is 44.9 Å². The average molecular weight is 764 g/mol. The van der Waals surface area contributed by atoms with Crippen molar-refractivity contribution in [2.24, 2.45) is 11.8 Å². The molecule has 4 aliphatic rings. The standard InChI is InChI=1S/2C17H23OSi.C2H7Si.2ClH.Zr/c2*1-19(2)18-17-15-11-7-6-10-14(15)12-16(17)13-8-4-3-5-9-13;1-3-2;;;/h2*6-7,10-13,19H,3-5,8-9H2,1-2H3;3H,1-2H3;2*1H;/q;;;;;+2/p-2. The van der Waals surface area contributed by atoms with Crippen LogP contribution < -0.4 is 24.8 Å². The summed E-state index contributed by atoms with van der Waals surface area (Å²) in [6.45, 7) is 15.2. The maximum absolute atomic E-state index is 7.89. The molecular weight excluding hydrogens is 711 g/mol. The van der Waals surface area contributed by atoms with E-state index in [1.165, 1.54) is 86.5 Å². The monoisotopic (exact) mass is 761 g/mol. The molecular formula is C36H53Cl2O2Si3Zr. The van der Waals surface area contributed by atoms with Crippen LogP contribution in [-0.4, -0.2) is 24.0 Å². The van der Waals surface area contributed by atoms with Gasteiger partial charge in [-0.2, -0.15) is 0 Å². The molecule has 2 fully saturated rings. The summed E-state index contributed by atoms with van der Waals surface area (Å²) in [5.41, 5.74) is 9.35. The largest absolute Gasteiger partial charge is 1.00 e. The molecule has 44 heavy (non-hydrogen) atoms. The van der Waals surface area contributed by atoms with Gasteiger partial charge in [0.25, 0.3) is 0 Å². The van der Waals surface area contributed by atoms with Gasteiger partial charge in [-0.05, 0) is 0 Å². The summed E-state index contributed by atoms with van der Waals surface area (Å²) in [6.07, 6.45) is 18.9. The molecule has 0 amide bonds. The minimum absolute atomic E-state index is 0. The molecule has 0 bridgehead atoms. The maximum atomic E-state index is 7.89. The van der Waals surface area contributed by atoms with Crippen LogP contribution in [0.1, 0.15) is 86.5 Å². The quantitative estimate of drug-likeness (QED) is 0.366. The van der Waals surface area contributed by atoms with Crippen molar-refractivity contribution in [1.82, 2.24) is 0 Å². The molecule has 0 radical (unpaired) electrons. The van der Waals surface area contributed by atoms with Crippen molar-refractivity contribution in [3.05, 3.63) is 81.9 Å². The number of benzene rings is 2. The molecule has 0 N–H and O–H groups in total. The predicted octanol–water partition coefficient (Wildman–Crippen LogP) is 3.26. The topological polar surface area (TPSA) is 18.5 Å². The van der Waals surface area contributed by atoms with Gasteiger partial charge in [0, 0.05) is 0 Å². The Morgan fingerprint density at radius 2 is 0.932 bits per heavy atom. The Kier molecular flexibility index (Phi) is 12.9. The van der Waals surface area contributed by atoms with Crippen LogP contribution in [-0.2, 0) is 36.4 Å². The number of fused-ring (bicyclic) bond motifs is 2. The van der Waals surface area contributed by atoms with Crippen LogP contribution in [0.2, 0.25) is 39.3 Å². The van der Waals surface area contributed by atoms with Gasteiger partial charge in [0.05, 0.1) is 0 Å². The number of halogens is 2. The summed E-state index contributed by atoms with van der Waals surface area (Å²) in [7, 11) is -2.85. The van der Waals surface area contributed by atoms with E-state index in [0.29, 0.717) is 11.8 Å². The van der Waals surface area contributed by atoms with Gasteiger partial charge < -0.3 is 24.8 Å². The molecule has 0 aliphatic heterocycles. The molecule has 2 nitrogen and oxygen atoms in total. The first-order chi connectivity index (χ1) is 20.3. The molecule has 2 aromatic carbocycles. The van der Waals surface area contributed by atoms with Gasteiger partial charge in [-0.25, -0.2) is 0 Å². The summed E-state index contributed by atoms with van der Waals surface area (Å²) in [4.78, 5) is 0. The summed E-state index contributed by atoms with van der Waals surface area (Å²) < 4.78 is 15.3. The Labute approximate surface area is 292 Å². The molecule has 0 heterocycles. The first kappa shape index (κ1) is 36.8. The molecule has 0 saturated heterocycles. The zero-order valence-electron chi connectivity index (χ0n) is 27.8. The van der Waals surface area contributed by atoms with Gasteiger partial charge >= 0.3 is 270 Å². The first-order valence-electron chi connectivity index (χ1n) is 17.2. The third-order valence-corrected chi connectivity index (χ3v) is 34.7. The summed E-state index contributed by atoms with van der Waals surface area (Å²) in [6, 6.07) is 18.9. The molecule has 8 heteroatoms. The fourth-order valence-corrected chi connectivity index (χ4v) is 43.2. The van der Waals surface area contributed by atoms with Crippen molar-refractivity contribution in [3.63, 3.8) is 0 Å². The van der Waals surface area contributed by atoms with Gasteiger partial charge in [-0.3, -0.25) is 0 Å². The van der Waals surface area contributed by atoms with Crippen LogP contribution in [0.5, 0.6) is 0 Å². The molecule has 2 unspecified atom stereocenters. The Morgan fingerprint density at radius 1 is 0.568 bits per heavy atom. The Morgan fingerprint density at radius 3 is 1.27 bits per heavy atom. The third-order valence-electron chi connectivity index (χ3n) is 10.4. The molecule has 4 aliphatic carbocycles. The average Bonchev–Trinajstić information content (AvgIpc) is 3.47. The zero-order valence-corrected chi connectivity index (χ0v) is 35.2. The fraction of sp³-hybridized carbons (Fsp3) is 0.556. The first-order valence-corrected chi connectivity index (χ1v) is 32.3. The van der Waals surface area contributed by atoms with Gasteiger partial charge in [-0.1, -0.05) is 0 Å². The Hall–Kier alpha value is -0.0462. The van der Waals surface area contributed by atoms with Crippen LogP contribution in [0.25, 0.3) is 12.2 Å². The van der Waals surface area contributed by atoms with E-state index in [1.807, 2.05) is 0 Å². The SMILES string of the molecule is C[SiH](C)O[C]1([Zr+2]([SiH](C)C)[C]2(O[SiH](C)C)C(C3CCCCC3)=Cc3ccccc32)C(C2CCCCC2)=Cc2ccccc21.[Cl-].[Cl-]. The number of hydrogen-bond donors (Lipinski definition) is 0. The van der Waals surface area contributed by atoms with Gasteiger partial charge in [-0.15, -0.1) is 0 Å². The number of hydrogen-bond acceptors (Lipinski definition) is 2. The van der Waals surface area contributed by atoms with Crippen molar-refractivity contribution < 1.29 is 54.6 Å². The van der Waals surface area contributed by atoms with E-state index in [4.69, 9.17) is 8.85 Å². The van der Waals surface area contributed by atoms with E-state index in [9.17, 15) is 0 Å². The summed E-state index contributed by atoms with van der Waals surface area (Å²) in [5.74, 6) is 0.0577. The van der Waals surface area contributed by atoms with Crippen LogP contribution in [0.15, 0.2) is 59.7 Å². The second-order valence-electron chi connectivity index (χ2n) is 14.3. The van der Waals surface area contributed by atoms with Gasteiger partial charge in [0.2, 0.25) is 0 Å². The van der Waals surface area contributed by atoms with E-state index >= 15 is 0 Å². The van der Waals surface area contributed by atoms with Crippen molar-refractivity contribution in [2.45, 2.75) is 110 Å². The summed E-state index contributed by atoms with van der Waals surface area (Å²) >= 11 is -2.81. The van der Waals surface area contributed by atoms with Crippen molar-refractivity contribution >= 4 is 36.2 Å². The Bertz CT molecular complexity index is 1240. The van der Waals surface area contributed by atoms with Crippen molar-refractivity contribution in [2.75, 3.05) is 0 Å². The van der Waals surface area contributed by atoms with E-state index in [2.05, 4.69) is 100.0 Å². The van der Waals surface area contributed by atoms with E-state index in [1.54, 1.807) is 11.1 Å². The second-order valence-corrected chi connectivity index (χ2v) is 38.7. The molecule has 0 spiro atoms. The van der Waals surface area contributed by atoms with Crippen LogP contribution in [0, 0.1) is 11.8 Å². The minimum atomic E-state index is -2.81. The number of rotatable bonds is 9. The Balaban J connectivity index is 0.00000221. The van der Waals surface area contributed by atoms with Crippen molar-refractivity contribution in [3.8, 4) is 0 Å². The van der Waals surface area contributed by atoms with Gasteiger partial charge in [0.15, 0.2) is 0 Å². The zero-order chi connectivity index (χ0) is 29.5. The summed E-state index contributed by atoms with van der Waals surface area (Å²) in [5, 5.41) is 0. The normalized spacial score (nSPS) is 25.3. The third kappa shape index (κ3) is 6.51. The van der Waals surface area contributed by atoms with E-state index in [-0.39, 0.29) is 31.4 Å². The predicted molar refractivity (Wildman–Crippen MR) is 184 cm³/mol. The van der Waals surface area contributed by atoms with Gasteiger partial charge in [0.1, 0.15) is 0 Å². The molecule has 2 atom stereocenters. The van der Waals surface area contributed by atoms with Crippen LogP contribution in [0.4, 0.5) is 0 Å². The fourth-order valence-electron chi connectivity index (χ4n) is 9.13. The second kappa shape index (κ2) is 15.4. The van der Waals surface area contributed by atoms with E-state index in [0.717, 1.165) is 0 Å². The molecule has 239 valence electrons.